The maximum absolute atomic E-state index is 12.9. The van der Waals surface area contributed by atoms with Crippen molar-refractivity contribution in [3.05, 3.63) is 60.5 Å². The third kappa shape index (κ3) is 4.02. The number of carbonyl (C=O) groups excluding carboxylic acids is 1. The quantitative estimate of drug-likeness (QED) is 0.710. The highest BCUT2D eigenvalue weighted by Crippen LogP contribution is 2.22. The van der Waals surface area contributed by atoms with Gasteiger partial charge in [0.15, 0.2) is 5.76 Å². The largest absolute Gasteiger partial charge is 0.463 e. The Morgan fingerprint density at radius 3 is 2.82 bits per heavy atom. The van der Waals surface area contributed by atoms with Crippen LogP contribution >= 0.6 is 0 Å². The standard InChI is InChI=1S/C22H26N4O2/c1-17-8-5-6-13-25(17)14-12-23-22(27)20-16-19(21-11-7-15-28-21)24-26(20)18-9-3-2-4-10-18/h2-4,7,9-11,15-17H,5-6,8,12-14H2,1H3,(H,23,27). The highest BCUT2D eigenvalue weighted by atomic mass is 16.3. The van der Waals surface area contributed by atoms with Gasteiger partial charge in [0.2, 0.25) is 0 Å². The van der Waals surface area contributed by atoms with Gasteiger partial charge in [0.25, 0.3) is 5.91 Å². The Bertz CT molecular complexity index is 902. The molecule has 1 aliphatic rings. The smallest absolute Gasteiger partial charge is 0.270 e. The van der Waals surface area contributed by atoms with Crippen molar-refractivity contribution in [2.24, 2.45) is 0 Å². The average Bonchev–Trinajstić information content (AvgIpc) is 3.40. The number of hydrogen-bond donors (Lipinski definition) is 1. The Balaban J connectivity index is 1.51. The van der Waals surface area contributed by atoms with E-state index in [9.17, 15) is 4.79 Å². The molecule has 1 N–H and O–H groups in total. The van der Waals surface area contributed by atoms with Crippen LogP contribution in [0.15, 0.2) is 59.2 Å². The topological polar surface area (TPSA) is 63.3 Å². The van der Waals surface area contributed by atoms with Crippen molar-refractivity contribution in [1.82, 2.24) is 20.0 Å². The second-order valence-electron chi connectivity index (χ2n) is 7.28. The van der Waals surface area contributed by atoms with Crippen LogP contribution in [0.3, 0.4) is 0 Å². The molecule has 6 nitrogen and oxygen atoms in total. The number of para-hydroxylation sites is 1. The molecule has 0 saturated carbocycles. The number of aromatic nitrogens is 2. The van der Waals surface area contributed by atoms with Crippen LogP contribution in [0.5, 0.6) is 0 Å². The fourth-order valence-corrected chi connectivity index (χ4v) is 3.75. The zero-order valence-electron chi connectivity index (χ0n) is 16.2. The van der Waals surface area contributed by atoms with E-state index in [4.69, 9.17) is 4.42 Å². The fourth-order valence-electron chi connectivity index (χ4n) is 3.75. The molecule has 1 unspecified atom stereocenters. The highest BCUT2D eigenvalue weighted by Gasteiger charge is 2.20. The maximum atomic E-state index is 12.9. The molecule has 2 aromatic heterocycles. The SMILES string of the molecule is CC1CCCCN1CCNC(=O)c1cc(-c2ccco2)nn1-c1ccccc1. The minimum atomic E-state index is -0.126. The maximum Gasteiger partial charge on any atom is 0.270 e. The number of benzene rings is 1. The first-order valence-corrected chi connectivity index (χ1v) is 9.94. The molecule has 0 aliphatic carbocycles. The summed E-state index contributed by atoms with van der Waals surface area (Å²) < 4.78 is 7.14. The van der Waals surface area contributed by atoms with Crippen molar-refractivity contribution in [3.8, 4) is 17.1 Å². The Hall–Kier alpha value is -2.86. The van der Waals surface area contributed by atoms with E-state index in [2.05, 4.69) is 22.2 Å². The lowest BCUT2D eigenvalue weighted by molar-refractivity contribution is 0.0930. The number of likely N-dealkylation sites (tertiary alicyclic amines) is 1. The van der Waals surface area contributed by atoms with Gasteiger partial charge in [0.1, 0.15) is 11.4 Å². The lowest BCUT2D eigenvalue weighted by Gasteiger charge is -2.33. The molecular formula is C22H26N4O2. The lowest BCUT2D eigenvalue weighted by Crippen LogP contribution is -2.42. The third-order valence-corrected chi connectivity index (χ3v) is 5.34. The number of nitrogens with zero attached hydrogens (tertiary/aromatic N) is 3. The van der Waals surface area contributed by atoms with E-state index < -0.39 is 0 Å². The molecule has 3 heterocycles. The van der Waals surface area contributed by atoms with E-state index in [1.165, 1.54) is 19.3 Å². The second kappa shape index (κ2) is 8.44. The fraction of sp³-hybridized carbons (Fsp3) is 0.364. The summed E-state index contributed by atoms with van der Waals surface area (Å²) in [5, 5.41) is 7.67. The van der Waals surface area contributed by atoms with Crippen LogP contribution in [-0.2, 0) is 0 Å². The normalized spacial score (nSPS) is 17.5. The van der Waals surface area contributed by atoms with E-state index >= 15 is 0 Å². The van der Waals surface area contributed by atoms with E-state index in [-0.39, 0.29) is 5.91 Å². The van der Waals surface area contributed by atoms with Gasteiger partial charge in [-0.1, -0.05) is 24.6 Å². The summed E-state index contributed by atoms with van der Waals surface area (Å²) in [6.45, 7) is 4.87. The zero-order valence-corrected chi connectivity index (χ0v) is 16.2. The molecule has 146 valence electrons. The lowest BCUT2D eigenvalue weighted by atomic mass is 10.0. The first-order chi connectivity index (χ1) is 13.7. The summed E-state index contributed by atoms with van der Waals surface area (Å²) >= 11 is 0. The van der Waals surface area contributed by atoms with Crippen molar-refractivity contribution in [3.63, 3.8) is 0 Å². The monoisotopic (exact) mass is 378 g/mol. The number of amides is 1. The Morgan fingerprint density at radius 2 is 2.07 bits per heavy atom. The van der Waals surface area contributed by atoms with Gasteiger partial charge in [0, 0.05) is 25.2 Å². The molecule has 1 saturated heterocycles. The number of carbonyl (C=O) groups is 1. The van der Waals surface area contributed by atoms with Crippen molar-refractivity contribution in [2.75, 3.05) is 19.6 Å². The van der Waals surface area contributed by atoms with Crippen molar-refractivity contribution in [2.45, 2.75) is 32.2 Å². The van der Waals surface area contributed by atoms with Crippen LogP contribution in [0.2, 0.25) is 0 Å². The summed E-state index contributed by atoms with van der Waals surface area (Å²) in [6.07, 6.45) is 5.39. The minimum absolute atomic E-state index is 0.126. The van der Waals surface area contributed by atoms with Crippen LogP contribution in [0, 0.1) is 0 Å². The van der Waals surface area contributed by atoms with Crippen molar-refractivity contribution >= 4 is 5.91 Å². The van der Waals surface area contributed by atoms with Gasteiger partial charge in [-0.05, 0) is 50.6 Å². The molecule has 0 radical (unpaired) electrons. The first kappa shape index (κ1) is 18.5. The molecule has 1 aliphatic heterocycles. The zero-order chi connectivity index (χ0) is 19.3. The molecule has 3 aromatic rings. The molecule has 1 fully saturated rings. The average molecular weight is 378 g/mol. The van der Waals surface area contributed by atoms with Crippen LogP contribution in [-0.4, -0.2) is 46.3 Å². The molecule has 28 heavy (non-hydrogen) atoms. The minimum Gasteiger partial charge on any atom is -0.463 e. The predicted octanol–water partition coefficient (Wildman–Crippen LogP) is 3.74. The molecule has 0 spiro atoms. The number of hydrogen-bond acceptors (Lipinski definition) is 4. The van der Waals surface area contributed by atoms with Gasteiger partial charge >= 0.3 is 0 Å². The Labute approximate surface area is 165 Å². The number of piperidine rings is 1. The van der Waals surface area contributed by atoms with Crippen LogP contribution in [0.1, 0.15) is 36.7 Å². The molecule has 1 aromatic carbocycles. The summed E-state index contributed by atoms with van der Waals surface area (Å²) in [6, 6.07) is 15.7. The molecule has 0 bridgehead atoms. The van der Waals surface area contributed by atoms with Gasteiger partial charge in [0.05, 0.1) is 12.0 Å². The number of furan rings is 1. The number of rotatable bonds is 6. The van der Waals surface area contributed by atoms with Gasteiger partial charge in [-0.25, -0.2) is 4.68 Å². The highest BCUT2D eigenvalue weighted by molar-refractivity contribution is 5.94. The van der Waals surface area contributed by atoms with E-state index in [0.717, 1.165) is 18.8 Å². The van der Waals surface area contributed by atoms with Crippen molar-refractivity contribution in [1.29, 1.82) is 0 Å². The first-order valence-electron chi connectivity index (χ1n) is 9.94. The van der Waals surface area contributed by atoms with Gasteiger partial charge in [-0.15, -0.1) is 0 Å². The van der Waals surface area contributed by atoms with Gasteiger partial charge < -0.3 is 9.73 Å². The third-order valence-electron chi connectivity index (χ3n) is 5.34. The van der Waals surface area contributed by atoms with E-state index in [1.54, 1.807) is 17.0 Å². The Morgan fingerprint density at radius 1 is 1.21 bits per heavy atom. The Kier molecular flexibility index (Phi) is 5.58. The van der Waals surface area contributed by atoms with E-state index in [0.29, 0.717) is 29.7 Å². The predicted molar refractivity (Wildman–Crippen MR) is 108 cm³/mol. The van der Waals surface area contributed by atoms with Crippen LogP contribution in [0.4, 0.5) is 0 Å². The number of nitrogens with one attached hydrogen (secondary N) is 1. The molecule has 4 rings (SSSR count). The van der Waals surface area contributed by atoms with Crippen LogP contribution < -0.4 is 5.32 Å². The van der Waals surface area contributed by atoms with Crippen LogP contribution in [0.25, 0.3) is 17.1 Å². The van der Waals surface area contributed by atoms with Gasteiger partial charge in [-0.2, -0.15) is 5.10 Å². The van der Waals surface area contributed by atoms with E-state index in [1.807, 2.05) is 42.5 Å². The summed E-state index contributed by atoms with van der Waals surface area (Å²) in [5.74, 6) is 0.518. The summed E-state index contributed by atoms with van der Waals surface area (Å²) in [4.78, 5) is 15.4. The molecule has 6 heteroatoms. The van der Waals surface area contributed by atoms with Gasteiger partial charge in [-0.3, -0.25) is 9.69 Å². The van der Waals surface area contributed by atoms with Crippen molar-refractivity contribution < 1.29 is 9.21 Å². The molecular weight excluding hydrogens is 352 g/mol. The molecule has 1 atom stereocenters. The molecule has 1 amide bonds. The summed E-state index contributed by atoms with van der Waals surface area (Å²) in [7, 11) is 0. The summed E-state index contributed by atoms with van der Waals surface area (Å²) in [5.41, 5.74) is 1.99. The second-order valence-corrected chi connectivity index (χ2v) is 7.28.